The van der Waals surface area contributed by atoms with Crippen molar-refractivity contribution in [3.63, 3.8) is 0 Å². The highest BCUT2D eigenvalue weighted by atomic mass is 15.1. The molecule has 1 heterocycles. The van der Waals surface area contributed by atoms with Gasteiger partial charge in [-0.1, -0.05) is 33.1 Å². The molecular weight excluding hydrogens is 208 g/mol. The summed E-state index contributed by atoms with van der Waals surface area (Å²) in [6, 6.07) is 0.388. The van der Waals surface area contributed by atoms with Gasteiger partial charge in [-0.05, 0) is 50.1 Å². The van der Waals surface area contributed by atoms with Crippen LogP contribution in [0.15, 0.2) is 0 Å². The van der Waals surface area contributed by atoms with Crippen molar-refractivity contribution >= 4 is 0 Å². The third kappa shape index (κ3) is 3.69. The largest absolute Gasteiger partial charge is 0.327 e. The second-order valence-corrected chi connectivity index (χ2v) is 6.59. The quantitative estimate of drug-likeness (QED) is 0.816. The number of nitrogens with zero attached hydrogens (tertiary/aromatic N) is 1. The van der Waals surface area contributed by atoms with E-state index in [0.29, 0.717) is 12.0 Å². The van der Waals surface area contributed by atoms with Gasteiger partial charge in [0.2, 0.25) is 0 Å². The molecule has 2 heteroatoms. The van der Waals surface area contributed by atoms with E-state index in [2.05, 4.69) is 18.7 Å². The van der Waals surface area contributed by atoms with E-state index in [0.717, 1.165) is 11.8 Å². The van der Waals surface area contributed by atoms with Gasteiger partial charge in [-0.15, -0.1) is 0 Å². The Morgan fingerprint density at radius 3 is 2.53 bits per heavy atom. The number of hydrogen-bond donors (Lipinski definition) is 1. The number of hydrogen-bond acceptors (Lipinski definition) is 2. The molecule has 2 N–H and O–H groups in total. The van der Waals surface area contributed by atoms with Gasteiger partial charge >= 0.3 is 0 Å². The maximum Gasteiger partial charge on any atom is 0.00740 e. The summed E-state index contributed by atoms with van der Waals surface area (Å²) in [4.78, 5) is 2.68. The number of fused-ring (bicyclic) bond motifs is 1. The van der Waals surface area contributed by atoms with Crippen LogP contribution >= 0.6 is 0 Å². The van der Waals surface area contributed by atoms with Crippen LogP contribution in [0.2, 0.25) is 0 Å². The van der Waals surface area contributed by atoms with Crippen LogP contribution in [-0.4, -0.2) is 30.6 Å². The van der Waals surface area contributed by atoms with Crippen LogP contribution in [0.1, 0.15) is 52.4 Å². The van der Waals surface area contributed by atoms with E-state index in [4.69, 9.17) is 5.73 Å². The first-order valence-corrected chi connectivity index (χ1v) is 7.64. The first-order chi connectivity index (χ1) is 8.16. The van der Waals surface area contributed by atoms with Crippen LogP contribution in [0.25, 0.3) is 0 Å². The topological polar surface area (TPSA) is 29.3 Å². The molecule has 2 aliphatic rings. The Balaban J connectivity index is 1.72. The standard InChI is InChI=1S/C15H30N2/c1-12(2)15(16)8-10-17-9-7-13-5-3-4-6-14(13)11-17/h12-15H,3-11,16H2,1-2H3. The highest BCUT2D eigenvalue weighted by Crippen LogP contribution is 2.36. The molecule has 3 atom stereocenters. The molecule has 0 aromatic rings. The fraction of sp³-hybridized carbons (Fsp3) is 1.00. The lowest BCUT2D eigenvalue weighted by Gasteiger charge is -2.41. The van der Waals surface area contributed by atoms with Crippen molar-refractivity contribution in [2.75, 3.05) is 19.6 Å². The first-order valence-electron chi connectivity index (χ1n) is 7.64. The van der Waals surface area contributed by atoms with Crippen molar-refractivity contribution in [3.8, 4) is 0 Å². The minimum atomic E-state index is 0.388. The predicted molar refractivity (Wildman–Crippen MR) is 73.9 cm³/mol. The van der Waals surface area contributed by atoms with Gasteiger partial charge in [-0.3, -0.25) is 0 Å². The van der Waals surface area contributed by atoms with Crippen molar-refractivity contribution in [2.45, 2.75) is 58.4 Å². The van der Waals surface area contributed by atoms with E-state index in [1.165, 1.54) is 58.2 Å². The maximum atomic E-state index is 6.14. The van der Waals surface area contributed by atoms with Crippen molar-refractivity contribution < 1.29 is 0 Å². The minimum absolute atomic E-state index is 0.388. The third-order valence-electron chi connectivity index (χ3n) is 5.01. The maximum absolute atomic E-state index is 6.14. The Kier molecular flexibility index (Phi) is 4.87. The van der Waals surface area contributed by atoms with E-state index in [1.54, 1.807) is 0 Å². The van der Waals surface area contributed by atoms with Crippen LogP contribution in [0.4, 0.5) is 0 Å². The summed E-state index contributed by atoms with van der Waals surface area (Å²) in [5.74, 6) is 2.69. The van der Waals surface area contributed by atoms with E-state index in [9.17, 15) is 0 Å². The van der Waals surface area contributed by atoms with Crippen LogP contribution in [0, 0.1) is 17.8 Å². The van der Waals surface area contributed by atoms with Crippen LogP contribution in [-0.2, 0) is 0 Å². The molecular formula is C15H30N2. The Morgan fingerprint density at radius 2 is 1.82 bits per heavy atom. The molecule has 1 saturated heterocycles. The van der Waals surface area contributed by atoms with Crippen molar-refractivity contribution in [2.24, 2.45) is 23.5 Å². The molecule has 17 heavy (non-hydrogen) atoms. The first kappa shape index (κ1) is 13.4. The summed E-state index contributed by atoms with van der Waals surface area (Å²) in [5.41, 5.74) is 6.14. The molecule has 0 radical (unpaired) electrons. The average Bonchev–Trinajstić information content (AvgIpc) is 2.35. The molecule has 0 aromatic carbocycles. The zero-order chi connectivity index (χ0) is 12.3. The SMILES string of the molecule is CC(C)C(N)CCN1CCC2CCCCC2C1. The molecule has 0 aromatic heterocycles. The normalized spacial score (nSPS) is 32.5. The van der Waals surface area contributed by atoms with Crippen LogP contribution in [0.3, 0.4) is 0 Å². The van der Waals surface area contributed by atoms with Crippen molar-refractivity contribution in [1.82, 2.24) is 4.90 Å². The number of likely N-dealkylation sites (tertiary alicyclic amines) is 1. The van der Waals surface area contributed by atoms with Crippen molar-refractivity contribution in [3.05, 3.63) is 0 Å². The number of rotatable bonds is 4. The van der Waals surface area contributed by atoms with Gasteiger partial charge in [-0.25, -0.2) is 0 Å². The number of piperidine rings is 1. The fourth-order valence-corrected chi connectivity index (χ4v) is 3.54. The Morgan fingerprint density at radius 1 is 1.12 bits per heavy atom. The molecule has 1 saturated carbocycles. The number of nitrogens with two attached hydrogens (primary N) is 1. The lowest BCUT2D eigenvalue weighted by atomic mass is 9.75. The predicted octanol–water partition coefficient (Wildman–Crippen LogP) is 2.87. The van der Waals surface area contributed by atoms with E-state index in [-0.39, 0.29) is 0 Å². The second-order valence-electron chi connectivity index (χ2n) is 6.59. The molecule has 2 rings (SSSR count). The van der Waals surface area contributed by atoms with Crippen LogP contribution < -0.4 is 5.73 Å². The third-order valence-corrected chi connectivity index (χ3v) is 5.01. The summed E-state index contributed by atoms with van der Waals surface area (Å²) in [7, 11) is 0. The van der Waals surface area contributed by atoms with Crippen molar-refractivity contribution in [1.29, 1.82) is 0 Å². The molecule has 1 aliphatic heterocycles. The van der Waals surface area contributed by atoms with Gasteiger partial charge in [0, 0.05) is 12.6 Å². The molecule has 0 bridgehead atoms. The molecule has 1 aliphatic carbocycles. The second kappa shape index (κ2) is 6.19. The molecule has 3 unspecified atom stereocenters. The molecule has 0 amide bonds. The van der Waals surface area contributed by atoms with E-state index >= 15 is 0 Å². The van der Waals surface area contributed by atoms with Gasteiger partial charge in [0.25, 0.3) is 0 Å². The Labute approximate surface area is 107 Å². The summed E-state index contributed by atoms with van der Waals surface area (Å²) < 4.78 is 0. The van der Waals surface area contributed by atoms with Gasteiger partial charge in [0.1, 0.15) is 0 Å². The van der Waals surface area contributed by atoms with Gasteiger partial charge in [0.15, 0.2) is 0 Å². The molecule has 100 valence electrons. The minimum Gasteiger partial charge on any atom is -0.327 e. The van der Waals surface area contributed by atoms with Gasteiger partial charge in [0.05, 0.1) is 0 Å². The lowest BCUT2D eigenvalue weighted by Crippen LogP contribution is -2.43. The zero-order valence-corrected chi connectivity index (χ0v) is 11.7. The Bertz CT molecular complexity index is 227. The Hall–Kier alpha value is -0.0800. The zero-order valence-electron chi connectivity index (χ0n) is 11.7. The van der Waals surface area contributed by atoms with Crippen LogP contribution in [0.5, 0.6) is 0 Å². The molecule has 2 fully saturated rings. The van der Waals surface area contributed by atoms with E-state index in [1.807, 2.05) is 0 Å². The highest BCUT2D eigenvalue weighted by Gasteiger charge is 2.30. The summed E-state index contributed by atoms with van der Waals surface area (Å²) in [6.07, 6.45) is 8.57. The van der Waals surface area contributed by atoms with Gasteiger partial charge in [-0.2, -0.15) is 0 Å². The molecule has 2 nitrogen and oxygen atoms in total. The van der Waals surface area contributed by atoms with E-state index < -0.39 is 0 Å². The summed E-state index contributed by atoms with van der Waals surface area (Å²) in [6.45, 7) is 8.38. The average molecular weight is 238 g/mol. The monoisotopic (exact) mass is 238 g/mol. The summed E-state index contributed by atoms with van der Waals surface area (Å²) >= 11 is 0. The van der Waals surface area contributed by atoms with Gasteiger partial charge < -0.3 is 10.6 Å². The lowest BCUT2D eigenvalue weighted by molar-refractivity contribution is 0.0838. The fourth-order valence-electron chi connectivity index (χ4n) is 3.54. The molecule has 0 spiro atoms. The smallest absolute Gasteiger partial charge is 0.00740 e. The highest BCUT2D eigenvalue weighted by molar-refractivity contribution is 4.84. The summed E-state index contributed by atoms with van der Waals surface area (Å²) in [5, 5.41) is 0.